The molecule has 0 bridgehead atoms. The van der Waals surface area contributed by atoms with Gasteiger partial charge in [-0.2, -0.15) is 4.98 Å². The Morgan fingerprint density at radius 1 is 1.10 bits per heavy atom. The van der Waals surface area contributed by atoms with Crippen LogP contribution < -0.4 is 0 Å². The van der Waals surface area contributed by atoms with Gasteiger partial charge in [0.15, 0.2) is 5.82 Å². The molecule has 0 aliphatic rings. The van der Waals surface area contributed by atoms with Gasteiger partial charge in [0.2, 0.25) is 0 Å². The molecule has 3 rings (SSSR count). The number of hydrogen-bond donors (Lipinski definition) is 1. The van der Waals surface area contributed by atoms with E-state index in [4.69, 9.17) is 4.52 Å². The molecular formula is C16H14N2O2S. The first-order valence-electron chi connectivity index (χ1n) is 6.53. The van der Waals surface area contributed by atoms with Gasteiger partial charge in [0.05, 0.1) is 11.3 Å². The molecule has 0 spiro atoms. The van der Waals surface area contributed by atoms with Gasteiger partial charge in [-0.25, -0.2) is 0 Å². The van der Waals surface area contributed by atoms with E-state index in [-0.39, 0.29) is 5.75 Å². The van der Waals surface area contributed by atoms with Crippen LogP contribution in [-0.2, 0) is 5.75 Å². The van der Waals surface area contributed by atoms with Crippen molar-refractivity contribution in [3.05, 3.63) is 59.9 Å². The van der Waals surface area contributed by atoms with E-state index in [1.807, 2.05) is 49.4 Å². The van der Waals surface area contributed by atoms with E-state index in [9.17, 15) is 5.11 Å². The van der Waals surface area contributed by atoms with Gasteiger partial charge < -0.3 is 9.63 Å². The molecule has 0 fully saturated rings. The number of rotatable bonds is 4. The second-order valence-corrected chi connectivity index (χ2v) is 5.64. The van der Waals surface area contributed by atoms with Gasteiger partial charge >= 0.3 is 0 Å². The SMILES string of the molecule is Cc1cccc(-c2nc(CSc3ccccc3)no2)c1O. The highest BCUT2D eigenvalue weighted by Gasteiger charge is 2.14. The van der Waals surface area contributed by atoms with Crippen LogP contribution in [0.25, 0.3) is 11.5 Å². The summed E-state index contributed by atoms with van der Waals surface area (Å²) in [4.78, 5) is 5.49. The fourth-order valence-corrected chi connectivity index (χ4v) is 2.68. The third-order valence-electron chi connectivity index (χ3n) is 3.05. The van der Waals surface area contributed by atoms with Crippen LogP contribution in [0, 0.1) is 6.92 Å². The van der Waals surface area contributed by atoms with Crippen molar-refractivity contribution in [2.45, 2.75) is 17.6 Å². The number of para-hydroxylation sites is 1. The number of thioether (sulfide) groups is 1. The quantitative estimate of drug-likeness (QED) is 0.736. The number of nitrogens with zero attached hydrogens (tertiary/aromatic N) is 2. The molecule has 1 N–H and O–H groups in total. The van der Waals surface area contributed by atoms with Crippen LogP contribution in [0.1, 0.15) is 11.4 Å². The smallest absolute Gasteiger partial charge is 0.261 e. The van der Waals surface area contributed by atoms with Gasteiger partial charge in [0, 0.05) is 4.90 Å². The molecule has 2 aromatic carbocycles. The van der Waals surface area contributed by atoms with Crippen LogP contribution in [0.15, 0.2) is 57.9 Å². The maximum absolute atomic E-state index is 10.0. The van der Waals surface area contributed by atoms with E-state index in [0.29, 0.717) is 23.0 Å². The molecular weight excluding hydrogens is 284 g/mol. The summed E-state index contributed by atoms with van der Waals surface area (Å²) in [7, 11) is 0. The number of benzene rings is 2. The van der Waals surface area contributed by atoms with Gasteiger partial charge in [0.25, 0.3) is 5.89 Å². The molecule has 0 radical (unpaired) electrons. The standard InChI is InChI=1S/C16H14N2O2S/c1-11-6-5-9-13(15(11)19)16-17-14(18-20-16)10-21-12-7-3-2-4-8-12/h2-9,19H,10H2,1H3. The molecule has 5 heteroatoms. The Hall–Kier alpha value is -2.27. The van der Waals surface area contributed by atoms with Crippen molar-refractivity contribution < 1.29 is 9.63 Å². The third kappa shape index (κ3) is 3.08. The summed E-state index contributed by atoms with van der Waals surface area (Å²) in [5, 5.41) is 14.0. The van der Waals surface area contributed by atoms with Crippen LogP contribution in [0.4, 0.5) is 0 Å². The molecule has 0 saturated heterocycles. The molecule has 106 valence electrons. The van der Waals surface area contributed by atoms with Crippen LogP contribution >= 0.6 is 11.8 Å². The summed E-state index contributed by atoms with van der Waals surface area (Å²) in [6, 6.07) is 15.5. The number of aromatic hydroxyl groups is 1. The van der Waals surface area contributed by atoms with E-state index in [0.717, 1.165) is 10.5 Å². The maximum atomic E-state index is 10.0. The van der Waals surface area contributed by atoms with E-state index >= 15 is 0 Å². The van der Waals surface area contributed by atoms with Crippen LogP contribution in [0.3, 0.4) is 0 Å². The molecule has 0 unspecified atom stereocenters. The van der Waals surface area contributed by atoms with Crippen LogP contribution in [0.5, 0.6) is 5.75 Å². The Morgan fingerprint density at radius 3 is 2.71 bits per heavy atom. The van der Waals surface area contributed by atoms with Gasteiger partial charge in [-0.05, 0) is 30.7 Å². The summed E-state index contributed by atoms with van der Waals surface area (Å²) in [5.41, 5.74) is 1.35. The summed E-state index contributed by atoms with van der Waals surface area (Å²) in [6.45, 7) is 1.83. The lowest BCUT2D eigenvalue weighted by Crippen LogP contribution is -1.85. The minimum Gasteiger partial charge on any atom is -0.507 e. The van der Waals surface area contributed by atoms with Crippen molar-refractivity contribution >= 4 is 11.8 Å². The normalized spacial score (nSPS) is 10.7. The molecule has 21 heavy (non-hydrogen) atoms. The Bertz CT molecular complexity index is 741. The largest absolute Gasteiger partial charge is 0.507 e. The summed E-state index contributed by atoms with van der Waals surface area (Å²) in [6.07, 6.45) is 0. The zero-order chi connectivity index (χ0) is 14.7. The minimum absolute atomic E-state index is 0.184. The van der Waals surface area contributed by atoms with Crippen molar-refractivity contribution in [2.24, 2.45) is 0 Å². The maximum Gasteiger partial charge on any atom is 0.261 e. The number of aryl methyl sites for hydroxylation is 1. The van der Waals surface area contributed by atoms with Crippen LogP contribution in [-0.4, -0.2) is 15.2 Å². The summed E-state index contributed by atoms with van der Waals surface area (Å²) < 4.78 is 5.24. The lowest BCUT2D eigenvalue weighted by Gasteiger charge is -2.01. The fourth-order valence-electron chi connectivity index (χ4n) is 1.92. The zero-order valence-corrected chi connectivity index (χ0v) is 12.3. The van der Waals surface area contributed by atoms with Crippen molar-refractivity contribution in [2.75, 3.05) is 0 Å². The van der Waals surface area contributed by atoms with Gasteiger partial charge in [-0.15, -0.1) is 11.8 Å². The first-order valence-corrected chi connectivity index (χ1v) is 7.52. The molecule has 0 aliphatic carbocycles. The van der Waals surface area contributed by atoms with Crippen molar-refractivity contribution in [1.29, 1.82) is 0 Å². The number of hydrogen-bond acceptors (Lipinski definition) is 5. The molecule has 0 aliphatic heterocycles. The minimum atomic E-state index is 0.184. The number of phenolic OH excluding ortho intramolecular Hbond substituents is 1. The Morgan fingerprint density at radius 2 is 1.90 bits per heavy atom. The van der Waals surface area contributed by atoms with Gasteiger partial charge in [-0.3, -0.25) is 0 Å². The monoisotopic (exact) mass is 298 g/mol. The fraction of sp³-hybridized carbons (Fsp3) is 0.125. The highest BCUT2D eigenvalue weighted by atomic mass is 32.2. The lowest BCUT2D eigenvalue weighted by atomic mass is 10.1. The van der Waals surface area contributed by atoms with E-state index < -0.39 is 0 Å². The zero-order valence-electron chi connectivity index (χ0n) is 11.5. The van der Waals surface area contributed by atoms with Crippen molar-refractivity contribution in [1.82, 2.24) is 10.1 Å². The van der Waals surface area contributed by atoms with Gasteiger partial charge in [0.1, 0.15) is 5.75 Å². The van der Waals surface area contributed by atoms with Crippen LogP contribution in [0.2, 0.25) is 0 Å². The Labute approximate surface area is 126 Å². The second kappa shape index (κ2) is 6.01. The molecule has 0 saturated carbocycles. The van der Waals surface area contributed by atoms with Gasteiger partial charge in [-0.1, -0.05) is 35.5 Å². The topological polar surface area (TPSA) is 59.2 Å². The second-order valence-electron chi connectivity index (χ2n) is 4.59. The Kier molecular flexibility index (Phi) is 3.92. The predicted octanol–water partition coefficient (Wildman–Crippen LogP) is 4.04. The Balaban J connectivity index is 1.76. The van der Waals surface area contributed by atoms with Crippen molar-refractivity contribution in [3.8, 4) is 17.2 Å². The van der Waals surface area contributed by atoms with E-state index in [1.54, 1.807) is 17.8 Å². The summed E-state index contributed by atoms with van der Waals surface area (Å²) >= 11 is 1.64. The molecule has 3 aromatic rings. The third-order valence-corrected chi connectivity index (χ3v) is 4.06. The number of aromatic nitrogens is 2. The van der Waals surface area contributed by atoms with Crippen molar-refractivity contribution in [3.63, 3.8) is 0 Å². The molecule has 1 aromatic heterocycles. The highest BCUT2D eigenvalue weighted by Crippen LogP contribution is 2.31. The molecule has 0 amide bonds. The highest BCUT2D eigenvalue weighted by molar-refractivity contribution is 7.98. The average molecular weight is 298 g/mol. The predicted molar refractivity (Wildman–Crippen MR) is 82.1 cm³/mol. The summed E-state index contributed by atoms with van der Waals surface area (Å²) in [5.74, 6) is 1.77. The first-order chi connectivity index (χ1) is 10.2. The molecule has 1 heterocycles. The molecule has 0 atom stereocenters. The van der Waals surface area contributed by atoms with E-state index in [2.05, 4.69) is 10.1 Å². The average Bonchev–Trinajstić information content (AvgIpc) is 2.98. The lowest BCUT2D eigenvalue weighted by molar-refractivity contribution is 0.419. The first kappa shape index (κ1) is 13.7. The number of phenols is 1. The van der Waals surface area contributed by atoms with E-state index in [1.165, 1.54) is 0 Å². The molecule has 4 nitrogen and oxygen atoms in total.